The van der Waals surface area contributed by atoms with E-state index in [2.05, 4.69) is 22.7 Å². The van der Waals surface area contributed by atoms with Gasteiger partial charge in [0.15, 0.2) is 6.04 Å². The lowest BCUT2D eigenvalue weighted by atomic mass is 10.0. The topological polar surface area (TPSA) is 98.3 Å². The fraction of sp³-hybridized carbons (Fsp3) is 0.300. The van der Waals surface area contributed by atoms with Crippen molar-refractivity contribution in [2.75, 3.05) is 26.3 Å². The molecule has 2 aromatic rings. The molecule has 1 heterocycles. The van der Waals surface area contributed by atoms with Gasteiger partial charge in [-0.1, -0.05) is 36.4 Å². The number of hydrogen-bond acceptors (Lipinski definition) is 5. The molecule has 0 saturated carbocycles. The summed E-state index contributed by atoms with van der Waals surface area (Å²) in [5.74, 6) is -0.480. The Bertz CT molecular complexity index is 864. The number of non-ortho nitro benzene ring substituents is 1. The molecule has 1 saturated heterocycles. The Morgan fingerprint density at radius 3 is 2.57 bits per heavy atom. The van der Waals surface area contributed by atoms with E-state index in [4.69, 9.17) is 4.74 Å². The Hall–Kier alpha value is -3.10. The lowest BCUT2D eigenvalue weighted by Gasteiger charge is -2.31. The van der Waals surface area contributed by atoms with Gasteiger partial charge < -0.3 is 9.64 Å². The molecule has 0 bridgehead atoms. The number of carbonyl (C=O) groups is 1. The van der Waals surface area contributed by atoms with Gasteiger partial charge in [0.05, 0.1) is 23.8 Å². The van der Waals surface area contributed by atoms with Gasteiger partial charge in [0.2, 0.25) is 0 Å². The summed E-state index contributed by atoms with van der Waals surface area (Å²) < 4.78 is 5.47. The van der Waals surface area contributed by atoms with Crippen LogP contribution < -0.4 is 10.3 Å². The second kappa shape index (κ2) is 9.20. The van der Waals surface area contributed by atoms with Gasteiger partial charge in [-0.05, 0) is 13.0 Å². The highest BCUT2D eigenvalue weighted by Crippen LogP contribution is 2.14. The van der Waals surface area contributed by atoms with E-state index < -0.39 is 10.8 Å². The summed E-state index contributed by atoms with van der Waals surface area (Å²) in [4.78, 5) is 24.1. The molecule has 1 aliphatic heterocycles. The van der Waals surface area contributed by atoms with Crippen molar-refractivity contribution in [3.63, 3.8) is 0 Å². The van der Waals surface area contributed by atoms with Crippen LogP contribution in [-0.4, -0.2) is 42.8 Å². The minimum atomic E-state index is -0.529. The highest BCUT2D eigenvalue weighted by Gasteiger charge is 2.29. The van der Waals surface area contributed by atoms with Crippen LogP contribution in [0.5, 0.6) is 0 Å². The Balaban J connectivity index is 1.79. The van der Waals surface area contributed by atoms with Crippen molar-refractivity contribution < 1.29 is 19.4 Å². The van der Waals surface area contributed by atoms with Crippen molar-refractivity contribution in [3.05, 3.63) is 75.8 Å². The molecule has 1 atom stereocenters. The molecule has 2 aromatic carbocycles. The van der Waals surface area contributed by atoms with E-state index in [1.54, 1.807) is 0 Å². The quantitative estimate of drug-likeness (QED) is 0.447. The first-order chi connectivity index (χ1) is 13.6. The number of nitrogens with zero attached hydrogens (tertiary/aromatic N) is 2. The Morgan fingerprint density at radius 1 is 1.18 bits per heavy atom. The van der Waals surface area contributed by atoms with Crippen LogP contribution in [0.2, 0.25) is 0 Å². The van der Waals surface area contributed by atoms with E-state index in [-0.39, 0.29) is 17.3 Å². The van der Waals surface area contributed by atoms with E-state index in [9.17, 15) is 14.9 Å². The summed E-state index contributed by atoms with van der Waals surface area (Å²) >= 11 is 0. The molecule has 2 N–H and O–H groups in total. The molecular formula is C20H23N4O4+. The number of carbonyl (C=O) groups excluding carboxylic acids is 1. The second-order valence-electron chi connectivity index (χ2n) is 6.62. The zero-order valence-electron chi connectivity index (χ0n) is 15.6. The molecule has 1 amide bonds. The number of amides is 1. The third kappa shape index (κ3) is 4.79. The van der Waals surface area contributed by atoms with E-state index in [0.29, 0.717) is 13.2 Å². The molecule has 0 aliphatic carbocycles. The van der Waals surface area contributed by atoms with Crippen LogP contribution in [0.25, 0.3) is 0 Å². The minimum absolute atomic E-state index is 0.00416. The van der Waals surface area contributed by atoms with Crippen LogP contribution in [0.1, 0.15) is 28.9 Å². The molecule has 8 nitrogen and oxygen atoms in total. The number of morpholine rings is 1. The number of ether oxygens (including phenoxy) is 1. The van der Waals surface area contributed by atoms with Crippen molar-refractivity contribution in [3.8, 4) is 0 Å². The number of nitro groups is 1. The lowest BCUT2D eigenvalue weighted by Crippen LogP contribution is -3.15. The number of rotatable bonds is 6. The highest BCUT2D eigenvalue weighted by atomic mass is 16.6. The molecule has 0 unspecified atom stereocenters. The maximum absolute atomic E-state index is 12.4. The standard InChI is InChI=1S/C20H22N4O4/c1-15(21-22-20(25)17-8-5-9-18(14-17)24(26)27)19(16-6-3-2-4-7-16)23-10-12-28-13-11-23/h2-9,14,19H,10-13H2,1H3,(H,22,25)/p+1/b21-15-/t19-/m0/s1. The summed E-state index contributed by atoms with van der Waals surface area (Å²) in [5, 5.41) is 15.2. The SMILES string of the molecule is C/C(=N/NC(=O)c1cccc([N+](=O)[O-])c1)[C@@H](c1ccccc1)[NH+]1CCOCC1. The summed E-state index contributed by atoms with van der Waals surface area (Å²) in [5.41, 5.74) is 4.48. The summed E-state index contributed by atoms with van der Waals surface area (Å²) in [6.07, 6.45) is 0. The third-order valence-corrected chi connectivity index (χ3v) is 4.75. The van der Waals surface area contributed by atoms with Crippen molar-refractivity contribution in [1.82, 2.24) is 5.43 Å². The predicted molar refractivity (Wildman–Crippen MR) is 104 cm³/mol. The van der Waals surface area contributed by atoms with Crippen LogP contribution >= 0.6 is 0 Å². The Kier molecular flexibility index (Phi) is 6.46. The van der Waals surface area contributed by atoms with Gasteiger partial charge in [-0.25, -0.2) is 5.43 Å². The van der Waals surface area contributed by atoms with Crippen molar-refractivity contribution in [2.24, 2.45) is 5.10 Å². The first kappa shape index (κ1) is 19.7. The zero-order chi connectivity index (χ0) is 19.9. The van der Waals surface area contributed by atoms with Gasteiger partial charge in [-0.2, -0.15) is 5.10 Å². The molecular weight excluding hydrogens is 360 g/mol. The number of hydrazone groups is 1. The van der Waals surface area contributed by atoms with Gasteiger partial charge in [-0.3, -0.25) is 14.9 Å². The van der Waals surface area contributed by atoms with Crippen LogP contribution in [-0.2, 0) is 4.74 Å². The zero-order valence-corrected chi connectivity index (χ0v) is 15.6. The maximum Gasteiger partial charge on any atom is 0.271 e. The van der Waals surface area contributed by atoms with Gasteiger partial charge in [0, 0.05) is 23.3 Å². The van der Waals surface area contributed by atoms with Crippen LogP contribution in [0.4, 0.5) is 5.69 Å². The smallest absolute Gasteiger partial charge is 0.271 e. The molecule has 8 heteroatoms. The van der Waals surface area contributed by atoms with Gasteiger partial charge in [0.1, 0.15) is 13.1 Å². The van der Waals surface area contributed by atoms with Gasteiger partial charge in [0.25, 0.3) is 11.6 Å². The van der Waals surface area contributed by atoms with Gasteiger partial charge in [-0.15, -0.1) is 0 Å². The molecule has 3 rings (SSSR count). The molecule has 0 spiro atoms. The summed E-state index contributed by atoms with van der Waals surface area (Å²) in [7, 11) is 0. The molecule has 1 aliphatic rings. The summed E-state index contributed by atoms with van der Waals surface area (Å²) in [6.45, 7) is 4.96. The molecule has 146 valence electrons. The fourth-order valence-electron chi connectivity index (χ4n) is 3.37. The average molecular weight is 383 g/mol. The molecule has 0 radical (unpaired) electrons. The van der Waals surface area contributed by atoms with E-state index in [0.717, 1.165) is 24.4 Å². The van der Waals surface area contributed by atoms with Crippen LogP contribution in [0, 0.1) is 10.1 Å². The molecule has 1 fully saturated rings. The Morgan fingerprint density at radius 2 is 1.89 bits per heavy atom. The monoisotopic (exact) mass is 383 g/mol. The highest BCUT2D eigenvalue weighted by molar-refractivity contribution is 5.96. The number of nitrogens with one attached hydrogen (secondary N) is 2. The number of nitro benzene ring substituents is 1. The number of benzene rings is 2. The lowest BCUT2D eigenvalue weighted by molar-refractivity contribution is -0.928. The predicted octanol–water partition coefficient (Wildman–Crippen LogP) is 1.36. The summed E-state index contributed by atoms with van der Waals surface area (Å²) in [6, 6.07) is 15.6. The van der Waals surface area contributed by atoms with E-state index >= 15 is 0 Å². The van der Waals surface area contributed by atoms with E-state index in [1.807, 2.05) is 25.1 Å². The van der Waals surface area contributed by atoms with Crippen molar-refractivity contribution in [1.29, 1.82) is 0 Å². The number of quaternary nitrogens is 1. The Labute approximate surface area is 163 Å². The third-order valence-electron chi connectivity index (χ3n) is 4.75. The number of hydrogen-bond donors (Lipinski definition) is 2. The molecule has 28 heavy (non-hydrogen) atoms. The fourth-order valence-corrected chi connectivity index (χ4v) is 3.37. The van der Waals surface area contributed by atoms with Crippen molar-refractivity contribution >= 4 is 17.3 Å². The average Bonchev–Trinajstić information content (AvgIpc) is 2.74. The van der Waals surface area contributed by atoms with Crippen LogP contribution in [0.3, 0.4) is 0 Å². The maximum atomic E-state index is 12.4. The largest absolute Gasteiger partial charge is 0.370 e. The normalized spacial score (nSPS) is 16.4. The van der Waals surface area contributed by atoms with Crippen LogP contribution in [0.15, 0.2) is 59.7 Å². The first-order valence-corrected chi connectivity index (χ1v) is 9.12. The minimum Gasteiger partial charge on any atom is -0.370 e. The van der Waals surface area contributed by atoms with E-state index in [1.165, 1.54) is 29.2 Å². The van der Waals surface area contributed by atoms with Gasteiger partial charge >= 0.3 is 0 Å². The second-order valence-corrected chi connectivity index (χ2v) is 6.62. The first-order valence-electron chi connectivity index (χ1n) is 9.12. The van der Waals surface area contributed by atoms with Crippen molar-refractivity contribution in [2.45, 2.75) is 13.0 Å². The molecule has 0 aromatic heterocycles.